The SMILES string of the molecule is C=CC(=O)OCCSSOC(=O)C=C.C=CC(=O)OSSCCOC(C)=O. The summed E-state index contributed by atoms with van der Waals surface area (Å²) in [5, 5.41) is 0. The Morgan fingerprint density at radius 2 is 1.15 bits per heavy atom. The molecule has 0 aliphatic rings. The minimum absolute atomic E-state index is 0.258. The molecule has 0 saturated heterocycles. The van der Waals surface area contributed by atoms with E-state index in [4.69, 9.17) is 0 Å². The van der Waals surface area contributed by atoms with Crippen molar-refractivity contribution in [2.45, 2.75) is 6.92 Å². The largest absolute Gasteiger partial charge is 0.465 e. The van der Waals surface area contributed by atoms with Gasteiger partial charge in [-0.15, -0.1) is 0 Å². The second kappa shape index (κ2) is 20.8. The third kappa shape index (κ3) is 24.5. The molecule has 0 aliphatic carbocycles. The highest BCUT2D eigenvalue weighted by molar-refractivity contribution is 8.75. The monoisotopic (exact) mass is 456 g/mol. The van der Waals surface area contributed by atoms with Gasteiger partial charge in [-0.2, -0.15) is 0 Å². The molecule has 0 saturated carbocycles. The first-order valence-corrected chi connectivity index (χ1v) is 11.5. The summed E-state index contributed by atoms with van der Waals surface area (Å²) in [5.74, 6) is -0.633. The van der Waals surface area contributed by atoms with Crippen molar-refractivity contribution in [3.05, 3.63) is 38.0 Å². The Kier molecular flexibility index (Phi) is 21.4. The van der Waals surface area contributed by atoms with Gasteiger partial charge in [0.1, 0.15) is 35.4 Å². The van der Waals surface area contributed by atoms with Gasteiger partial charge in [0, 0.05) is 36.7 Å². The highest BCUT2D eigenvalue weighted by Gasteiger charge is 1.99. The fourth-order valence-corrected chi connectivity index (χ4v) is 3.02. The molecule has 0 bridgehead atoms. The van der Waals surface area contributed by atoms with Crippen LogP contribution in [0.25, 0.3) is 0 Å². The molecule has 8 nitrogen and oxygen atoms in total. The predicted molar refractivity (Wildman–Crippen MR) is 110 cm³/mol. The molecule has 0 aromatic carbocycles. The molecule has 0 aromatic rings. The van der Waals surface area contributed by atoms with Crippen molar-refractivity contribution in [3.63, 3.8) is 0 Å². The van der Waals surface area contributed by atoms with Crippen LogP contribution in [0.4, 0.5) is 0 Å². The first kappa shape index (κ1) is 27.7. The zero-order valence-corrected chi connectivity index (χ0v) is 17.8. The van der Waals surface area contributed by atoms with Gasteiger partial charge < -0.3 is 17.8 Å². The molecule has 0 heterocycles. The number of hydrogen-bond acceptors (Lipinski definition) is 12. The number of hydrogen-bond donors (Lipinski definition) is 0. The van der Waals surface area contributed by atoms with E-state index >= 15 is 0 Å². The third-order valence-corrected chi connectivity index (χ3v) is 5.02. The van der Waals surface area contributed by atoms with Crippen LogP contribution >= 0.6 is 43.7 Å². The molecule has 0 amide bonds. The molecule has 0 radical (unpaired) electrons. The average molecular weight is 457 g/mol. The summed E-state index contributed by atoms with van der Waals surface area (Å²) in [7, 11) is 2.55. The quantitative estimate of drug-likeness (QED) is 0.133. The molecule has 27 heavy (non-hydrogen) atoms. The van der Waals surface area contributed by atoms with Gasteiger partial charge in [0.15, 0.2) is 0 Å². The number of rotatable bonds is 13. The first-order chi connectivity index (χ1) is 12.9. The van der Waals surface area contributed by atoms with Crippen LogP contribution in [0.5, 0.6) is 0 Å². The van der Waals surface area contributed by atoms with Crippen LogP contribution in [0.2, 0.25) is 0 Å². The van der Waals surface area contributed by atoms with Crippen LogP contribution < -0.4 is 0 Å². The van der Waals surface area contributed by atoms with Crippen LogP contribution in [0.15, 0.2) is 38.0 Å². The zero-order valence-electron chi connectivity index (χ0n) is 14.6. The maximum atomic E-state index is 10.5. The number of carbonyl (C=O) groups excluding carboxylic acids is 4. The van der Waals surface area contributed by atoms with Gasteiger partial charge >= 0.3 is 23.9 Å². The van der Waals surface area contributed by atoms with Crippen LogP contribution in [-0.4, -0.2) is 48.6 Å². The van der Waals surface area contributed by atoms with Gasteiger partial charge in [-0.3, -0.25) is 4.79 Å². The van der Waals surface area contributed by atoms with E-state index < -0.39 is 17.9 Å². The Labute approximate surface area is 174 Å². The Morgan fingerprint density at radius 1 is 0.741 bits per heavy atom. The van der Waals surface area contributed by atoms with E-state index in [0.717, 1.165) is 40.4 Å². The normalized spacial score (nSPS) is 8.93. The van der Waals surface area contributed by atoms with Crippen LogP contribution in [-0.2, 0) is 37.0 Å². The van der Waals surface area contributed by atoms with Crippen molar-refractivity contribution in [2.24, 2.45) is 0 Å². The van der Waals surface area contributed by atoms with E-state index in [0.29, 0.717) is 18.1 Å². The maximum absolute atomic E-state index is 10.5. The van der Waals surface area contributed by atoms with Gasteiger partial charge in [0.25, 0.3) is 0 Å². The standard InChI is InChI=1S/C8H10O4S2.C7H10O4S2/c1-3-7(9)11-5-6-13-14-12-8(10)4-2;1-3-7(9)11-13-12-5-4-10-6(2)8/h3-4H,1-2,5-6H2;3H,1,4-5H2,2H3. The Balaban J connectivity index is 0. The Morgan fingerprint density at radius 3 is 1.52 bits per heavy atom. The molecule has 0 rings (SSSR count). The molecule has 0 atom stereocenters. The molecule has 0 aromatic heterocycles. The minimum Gasteiger partial charge on any atom is -0.465 e. The number of esters is 2. The van der Waals surface area contributed by atoms with Gasteiger partial charge in [0.05, 0.1) is 0 Å². The average Bonchev–Trinajstić information content (AvgIpc) is 2.66. The lowest BCUT2D eigenvalue weighted by molar-refractivity contribution is -0.140. The second-order valence-electron chi connectivity index (χ2n) is 3.70. The summed E-state index contributed by atoms with van der Waals surface area (Å²) in [4.78, 5) is 41.9. The predicted octanol–water partition coefficient (Wildman–Crippen LogP) is 3.32. The van der Waals surface area contributed by atoms with Gasteiger partial charge in [-0.1, -0.05) is 19.7 Å². The first-order valence-electron chi connectivity index (χ1n) is 7.05. The van der Waals surface area contributed by atoms with E-state index in [9.17, 15) is 19.2 Å². The fraction of sp³-hybridized carbons (Fsp3) is 0.333. The summed E-state index contributed by atoms with van der Waals surface area (Å²) in [6.45, 7) is 11.6. The van der Waals surface area contributed by atoms with Crippen molar-refractivity contribution in [3.8, 4) is 0 Å². The van der Waals surface area contributed by atoms with E-state index in [-0.39, 0.29) is 12.6 Å². The van der Waals surface area contributed by atoms with Crippen molar-refractivity contribution >= 4 is 67.6 Å². The van der Waals surface area contributed by atoms with Crippen molar-refractivity contribution in [1.29, 1.82) is 0 Å². The summed E-state index contributed by atoms with van der Waals surface area (Å²) in [6, 6.07) is 0. The summed E-state index contributed by atoms with van der Waals surface area (Å²) in [6.07, 6.45) is 3.25. The Hall–Kier alpha value is -1.50. The van der Waals surface area contributed by atoms with Crippen LogP contribution in [0.3, 0.4) is 0 Å². The molecule has 0 unspecified atom stereocenters. The number of carbonyl (C=O) groups is 4. The van der Waals surface area contributed by atoms with Crippen LogP contribution in [0, 0.1) is 0 Å². The van der Waals surface area contributed by atoms with Gasteiger partial charge in [-0.05, 0) is 21.6 Å². The lowest BCUT2D eigenvalue weighted by atomic mass is 10.6. The molecule has 0 fully saturated rings. The number of ether oxygens (including phenoxy) is 2. The van der Waals surface area contributed by atoms with Crippen LogP contribution in [0.1, 0.15) is 6.92 Å². The minimum atomic E-state index is -0.495. The van der Waals surface area contributed by atoms with Gasteiger partial charge in [-0.25, -0.2) is 14.4 Å². The molecule has 0 aliphatic heterocycles. The van der Waals surface area contributed by atoms with Crippen molar-refractivity contribution in [2.75, 3.05) is 24.7 Å². The zero-order chi connectivity index (χ0) is 20.9. The fourth-order valence-electron chi connectivity index (χ4n) is 0.706. The lowest BCUT2D eigenvalue weighted by Crippen LogP contribution is -2.03. The van der Waals surface area contributed by atoms with E-state index in [1.807, 2.05) is 0 Å². The van der Waals surface area contributed by atoms with Crippen molar-refractivity contribution in [1.82, 2.24) is 0 Å². The molecule has 152 valence electrons. The molecule has 12 heteroatoms. The second-order valence-corrected chi connectivity index (χ2v) is 7.83. The topological polar surface area (TPSA) is 105 Å². The smallest absolute Gasteiger partial charge is 0.343 e. The summed E-state index contributed by atoms with van der Waals surface area (Å²) in [5.41, 5.74) is 0. The summed E-state index contributed by atoms with van der Waals surface area (Å²) >= 11 is 1.87. The highest BCUT2D eigenvalue weighted by Crippen LogP contribution is 2.22. The lowest BCUT2D eigenvalue weighted by Gasteiger charge is -2.00. The molecule has 0 spiro atoms. The molecule has 0 N–H and O–H groups in total. The van der Waals surface area contributed by atoms with E-state index in [1.54, 1.807) is 0 Å². The summed E-state index contributed by atoms with van der Waals surface area (Å²) < 4.78 is 18.5. The highest BCUT2D eigenvalue weighted by atomic mass is 33.1. The third-order valence-electron chi connectivity index (χ3n) is 1.71. The van der Waals surface area contributed by atoms with Gasteiger partial charge in [0.2, 0.25) is 0 Å². The van der Waals surface area contributed by atoms with E-state index in [2.05, 4.69) is 37.6 Å². The van der Waals surface area contributed by atoms with E-state index in [1.165, 1.54) is 28.5 Å². The van der Waals surface area contributed by atoms with Crippen molar-refractivity contribution < 1.29 is 37.0 Å². The molecular weight excluding hydrogens is 436 g/mol. The molecular formula is C15H20O8S4. The Bertz CT molecular complexity index is 486. The maximum Gasteiger partial charge on any atom is 0.343 e.